The minimum Gasteiger partial charge on any atom is -0.504 e. The van der Waals surface area contributed by atoms with Crippen LogP contribution in [0.5, 0.6) is 11.5 Å². The van der Waals surface area contributed by atoms with Crippen LogP contribution in [0, 0.1) is 13.8 Å². The summed E-state index contributed by atoms with van der Waals surface area (Å²) in [6.45, 7) is 3.49. The number of aryl methyl sites for hydroxylation is 2. The van der Waals surface area contributed by atoms with Gasteiger partial charge >= 0.3 is 0 Å². The zero-order valence-electron chi connectivity index (χ0n) is 11.0. The lowest BCUT2D eigenvalue weighted by molar-refractivity contribution is 0.104. The van der Waals surface area contributed by atoms with Gasteiger partial charge in [0, 0.05) is 0 Å². The summed E-state index contributed by atoms with van der Waals surface area (Å²) in [7, 11) is 0. The van der Waals surface area contributed by atoms with Crippen molar-refractivity contribution < 1.29 is 19.4 Å². The molecule has 104 valence electrons. The van der Waals surface area contributed by atoms with E-state index < -0.39 is 0 Å². The Morgan fingerprint density at radius 3 is 2.50 bits per heavy atom. The van der Waals surface area contributed by atoms with Crippen molar-refractivity contribution in [3.63, 3.8) is 0 Å². The van der Waals surface area contributed by atoms with Crippen LogP contribution in [-0.2, 0) is 0 Å². The molecule has 5 heteroatoms. The average Bonchev–Trinajstić information content (AvgIpc) is 2.72. The molecule has 0 radical (unpaired) electrons. The zero-order valence-corrected chi connectivity index (χ0v) is 11.7. The van der Waals surface area contributed by atoms with E-state index in [0.717, 1.165) is 0 Å². The van der Waals surface area contributed by atoms with E-state index in [1.165, 1.54) is 24.3 Å². The van der Waals surface area contributed by atoms with Crippen molar-refractivity contribution in [1.29, 1.82) is 0 Å². The Hall–Kier alpha value is -2.20. The lowest BCUT2D eigenvalue weighted by atomic mass is 10.1. The molecule has 0 aliphatic carbocycles. The van der Waals surface area contributed by atoms with Gasteiger partial charge in [-0.15, -0.1) is 0 Å². The summed E-state index contributed by atoms with van der Waals surface area (Å²) in [5.41, 5.74) is 1.00. The van der Waals surface area contributed by atoms with Gasteiger partial charge in [0.2, 0.25) is 0 Å². The summed E-state index contributed by atoms with van der Waals surface area (Å²) in [6, 6.07) is 4.44. The Kier molecular flexibility index (Phi) is 3.86. The molecular weight excluding hydrogens is 280 g/mol. The van der Waals surface area contributed by atoms with E-state index in [0.29, 0.717) is 22.6 Å². The smallest absolute Gasteiger partial charge is 0.189 e. The molecule has 0 spiro atoms. The Bertz CT molecular complexity index is 675. The topological polar surface area (TPSA) is 70.7 Å². The summed E-state index contributed by atoms with van der Waals surface area (Å²) < 4.78 is 5.29. The van der Waals surface area contributed by atoms with E-state index in [4.69, 9.17) is 16.0 Å². The molecule has 0 aliphatic heterocycles. The third-order valence-electron chi connectivity index (χ3n) is 2.80. The van der Waals surface area contributed by atoms with Crippen LogP contribution >= 0.6 is 11.6 Å². The summed E-state index contributed by atoms with van der Waals surface area (Å²) in [4.78, 5) is 12.0. The average molecular weight is 293 g/mol. The molecule has 0 fully saturated rings. The molecule has 2 rings (SSSR count). The maximum Gasteiger partial charge on any atom is 0.189 e. The van der Waals surface area contributed by atoms with Crippen molar-refractivity contribution in [3.05, 3.63) is 51.9 Å². The van der Waals surface area contributed by atoms with Crippen LogP contribution < -0.4 is 0 Å². The number of carbonyl (C=O) groups excluding carboxylic acids is 1. The molecule has 1 heterocycles. The number of aromatic hydroxyl groups is 2. The van der Waals surface area contributed by atoms with Crippen LogP contribution in [0.2, 0.25) is 5.02 Å². The Labute approximate surface area is 120 Å². The van der Waals surface area contributed by atoms with E-state index in [1.807, 2.05) is 0 Å². The highest BCUT2D eigenvalue weighted by Crippen LogP contribution is 2.34. The molecule has 0 atom stereocenters. The maximum absolute atomic E-state index is 12.0. The molecule has 20 heavy (non-hydrogen) atoms. The van der Waals surface area contributed by atoms with Gasteiger partial charge in [-0.3, -0.25) is 4.79 Å². The van der Waals surface area contributed by atoms with Crippen LogP contribution in [0.1, 0.15) is 27.4 Å². The maximum atomic E-state index is 12.0. The second kappa shape index (κ2) is 5.43. The fourth-order valence-corrected chi connectivity index (χ4v) is 2.06. The van der Waals surface area contributed by atoms with Crippen molar-refractivity contribution in [2.75, 3.05) is 0 Å². The van der Waals surface area contributed by atoms with E-state index in [2.05, 4.69) is 0 Å². The third kappa shape index (κ3) is 2.86. The highest BCUT2D eigenvalue weighted by atomic mass is 35.5. The number of ketones is 1. The van der Waals surface area contributed by atoms with Gasteiger partial charge in [-0.1, -0.05) is 17.7 Å². The molecule has 0 unspecified atom stereocenters. The number of hydrogen-bond donors (Lipinski definition) is 2. The van der Waals surface area contributed by atoms with Crippen LogP contribution in [-0.4, -0.2) is 16.0 Å². The van der Waals surface area contributed by atoms with E-state index in [9.17, 15) is 15.0 Å². The first-order valence-electron chi connectivity index (χ1n) is 5.89. The molecular formula is C15H13ClO4. The first kappa shape index (κ1) is 14.2. The van der Waals surface area contributed by atoms with Crippen molar-refractivity contribution >= 4 is 23.5 Å². The summed E-state index contributed by atoms with van der Waals surface area (Å²) in [5, 5.41) is 18.8. The zero-order chi connectivity index (χ0) is 14.9. The monoisotopic (exact) mass is 292 g/mol. The fraction of sp³-hybridized carbons (Fsp3) is 0.133. The minimum atomic E-state index is -0.378. The van der Waals surface area contributed by atoms with Gasteiger partial charge < -0.3 is 14.6 Å². The molecule has 1 aromatic heterocycles. The van der Waals surface area contributed by atoms with Gasteiger partial charge in [-0.2, -0.15) is 0 Å². The van der Waals surface area contributed by atoms with Crippen LogP contribution in [0.25, 0.3) is 6.08 Å². The number of hydrogen-bond acceptors (Lipinski definition) is 4. The van der Waals surface area contributed by atoms with E-state index in [-0.39, 0.29) is 22.3 Å². The molecule has 0 bridgehead atoms. The molecule has 0 saturated heterocycles. The second-order valence-corrected chi connectivity index (χ2v) is 4.80. The first-order chi connectivity index (χ1) is 9.38. The Morgan fingerprint density at radius 1 is 1.25 bits per heavy atom. The largest absolute Gasteiger partial charge is 0.504 e. The molecule has 0 amide bonds. The minimum absolute atomic E-state index is 0.0208. The molecule has 2 aromatic rings. The van der Waals surface area contributed by atoms with Gasteiger partial charge in [0.05, 0.1) is 10.6 Å². The van der Waals surface area contributed by atoms with Crippen molar-refractivity contribution in [2.24, 2.45) is 0 Å². The fourth-order valence-electron chi connectivity index (χ4n) is 1.84. The van der Waals surface area contributed by atoms with Gasteiger partial charge in [-0.25, -0.2) is 0 Å². The van der Waals surface area contributed by atoms with Gasteiger partial charge in [0.1, 0.15) is 11.5 Å². The number of carbonyl (C=O) groups is 1. The van der Waals surface area contributed by atoms with Gasteiger partial charge in [-0.05, 0) is 43.7 Å². The highest BCUT2D eigenvalue weighted by Gasteiger charge is 2.11. The Balaban J connectivity index is 2.26. The number of benzene rings is 1. The van der Waals surface area contributed by atoms with Crippen molar-refractivity contribution in [3.8, 4) is 11.5 Å². The second-order valence-electron chi connectivity index (χ2n) is 4.39. The van der Waals surface area contributed by atoms with Crippen molar-refractivity contribution in [2.45, 2.75) is 13.8 Å². The Morgan fingerprint density at radius 2 is 1.95 bits per heavy atom. The van der Waals surface area contributed by atoms with Crippen LogP contribution in [0.4, 0.5) is 0 Å². The third-order valence-corrected chi connectivity index (χ3v) is 3.09. The number of furan rings is 1. The lowest BCUT2D eigenvalue weighted by Crippen LogP contribution is -1.93. The SMILES string of the molecule is Cc1cc(C(=O)/C=C/c2cc(O)c(O)c(Cl)c2)c(C)o1. The van der Waals surface area contributed by atoms with E-state index >= 15 is 0 Å². The molecule has 2 N–H and O–H groups in total. The van der Waals surface area contributed by atoms with Crippen molar-refractivity contribution in [1.82, 2.24) is 0 Å². The molecule has 1 aromatic carbocycles. The quantitative estimate of drug-likeness (QED) is 0.512. The van der Waals surface area contributed by atoms with Crippen LogP contribution in [0.3, 0.4) is 0 Å². The number of halogens is 1. The standard InChI is InChI=1S/C15H13ClO4/c1-8-5-11(9(2)20-8)13(17)4-3-10-6-12(16)15(19)14(18)7-10/h3-7,18-19H,1-2H3/b4-3+. The molecule has 0 saturated carbocycles. The molecule has 0 aliphatic rings. The van der Waals surface area contributed by atoms with Crippen LogP contribution in [0.15, 0.2) is 28.7 Å². The predicted molar refractivity (Wildman–Crippen MR) is 76.3 cm³/mol. The number of phenols is 2. The van der Waals surface area contributed by atoms with Gasteiger partial charge in [0.25, 0.3) is 0 Å². The summed E-state index contributed by atoms with van der Waals surface area (Å²) >= 11 is 5.74. The number of rotatable bonds is 3. The lowest BCUT2D eigenvalue weighted by Gasteiger charge is -2.01. The van der Waals surface area contributed by atoms with Gasteiger partial charge in [0.15, 0.2) is 17.3 Å². The number of phenolic OH excluding ortho intramolecular Hbond substituents is 2. The first-order valence-corrected chi connectivity index (χ1v) is 6.27. The summed E-state index contributed by atoms with van der Waals surface area (Å²) in [5.74, 6) is 0.313. The highest BCUT2D eigenvalue weighted by molar-refractivity contribution is 6.32. The normalized spacial score (nSPS) is 11.2. The predicted octanol–water partition coefficient (Wildman–Crippen LogP) is 3.86. The number of allylic oxidation sites excluding steroid dienone is 1. The molecule has 4 nitrogen and oxygen atoms in total. The van der Waals surface area contributed by atoms with E-state index in [1.54, 1.807) is 19.9 Å². The summed E-state index contributed by atoms with van der Waals surface area (Å²) in [6.07, 6.45) is 2.87.